The molecule has 11 heteroatoms. The fraction of sp³-hybridized carbons (Fsp3) is 0.377. The minimum Gasteiger partial charge on any atom is -0.348 e. The minimum atomic E-state index is -0.315. The Bertz CT molecular complexity index is 2290. The first-order valence-electron chi connectivity index (χ1n) is 23.3. The number of benzene rings is 4. The summed E-state index contributed by atoms with van der Waals surface area (Å²) < 4.78 is 4.73. The molecule has 0 N–H and O–H groups in total. The van der Waals surface area contributed by atoms with Crippen LogP contribution in [0.5, 0.6) is 0 Å². The molecule has 9 nitrogen and oxygen atoms in total. The molecule has 4 aromatic carbocycles. The molecule has 4 unspecified atom stereocenters. The zero-order valence-corrected chi connectivity index (χ0v) is 38.2. The number of fused-ring (bicyclic) bond motifs is 2. The molecule has 6 heterocycles. The van der Waals surface area contributed by atoms with E-state index in [2.05, 4.69) is 160 Å². The average molecular weight is 896 g/mol. The van der Waals surface area contributed by atoms with Gasteiger partial charge in [-0.25, -0.2) is 0 Å². The second-order valence-electron chi connectivity index (χ2n) is 18.1. The van der Waals surface area contributed by atoms with E-state index in [1.807, 2.05) is 24.3 Å². The van der Waals surface area contributed by atoms with E-state index in [-0.39, 0.29) is 24.2 Å². The van der Waals surface area contributed by atoms with E-state index in [0.29, 0.717) is 18.9 Å². The van der Waals surface area contributed by atoms with Gasteiger partial charge in [0.15, 0.2) is 5.78 Å². The number of halogens is 2. The summed E-state index contributed by atoms with van der Waals surface area (Å²) >= 11 is 14.1. The van der Waals surface area contributed by atoms with E-state index in [0.717, 1.165) is 113 Å². The summed E-state index contributed by atoms with van der Waals surface area (Å²) in [5, 5.41) is 1.52. The molecule has 4 atom stereocenters. The quantitative estimate of drug-likeness (QED) is 0.110. The zero-order chi connectivity index (χ0) is 43.4. The van der Waals surface area contributed by atoms with Crippen LogP contribution in [0.1, 0.15) is 45.7 Å². The Kier molecular flexibility index (Phi) is 13.5. The number of Topliss-reactive ketones (excluding diaryl/α,β-unsaturated/α-hetero) is 1. The second-order valence-corrected chi connectivity index (χ2v) is 18.9. The number of hydrogen-bond acceptors (Lipinski definition) is 7. The van der Waals surface area contributed by atoms with Crippen molar-refractivity contribution in [1.82, 2.24) is 38.5 Å². The largest absolute Gasteiger partial charge is 0.348 e. The van der Waals surface area contributed by atoms with Crippen LogP contribution >= 0.6 is 23.2 Å². The molecule has 4 aliphatic heterocycles. The second kappa shape index (κ2) is 19.9. The van der Waals surface area contributed by atoms with E-state index < -0.39 is 0 Å². The number of piperazine rings is 2. The number of carbonyl (C=O) groups is 1. The predicted molar refractivity (Wildman–Crippen MR) is 258 cm³/mol. The Labute approximate surface area is 389 Å². The molecule has 0 amide bonds. The Morgan fingerprint density at radius 1 is 0.453 bits per heavy atom. The lowest BCUT2D eigenvalue weighted by Crippen LogP contribution is -2.63. The van der Waals surface area contributed by atoms with E-state index >= 15 is 4.79 Å². The molecule has 2 aromatic heterocycles. The summed E-state index contributed by atoms with van der Waals surface area (Å²) in [5.74, 6) is 0.325. The lowest BCUT2D eigenvalue weighted by Gasteiger charge is -2.47. The topological polar surface area (TPSA) is 46.4 Å². The Morgan fingerprint density at radius 3 is 1.25 bits per heavy atom. The van der Waals surface area contributed by atoms with Crippen molar-refractivity contribution >= 4 is 29.0 Å². The SMILES string of the molecule is O=C(C(CN1CCn2cccc2C1c1ccccc1Cl)N1CCN(Cc2ccccc2)CC1)C(CN1CCn2cccc2C1c1ccccc1Cl)N1CCN(Cc2ccccc2)CC1. The predicted octanol–water partition coefficient (Wildman–Crippen LogP) is 8.05. The molecule has 2 saturated heterocycles. The van der Waals surface area contributed by atoms with E-state index in [1.165, 1.54) is 22.5 Å². The molecule has 0 radical (unpaired) electrons. The maximum absolute atomic E-state index is 16.3. The summed E-state index contributed by atoms with van der Waals surface area (Å²) in [4.78, 5) is 31.6. The van der Waals surface area contributed by atoms with Gasteiger partial charge in [-0.1, -0.05) is 120 Å². The highest BCUT2D eigenvalue weighted by Gasteiger charge is 2.43. The number of ketones is 1. The van der Waals surface area contributed by atoms with Crippen LogP contribution in [-0.4, -0.2) is 135 Å². The number of hydrogen-bond donors (Lipinski definition) is 0. The van der Waals surface area contributed by atoms with Crippen molar-refractivity contribution in [2.75, 3.05) is 78.5 Å². The number of aromatic nitrogens is 2. The number of nitrogens with zero attached hydrogens (tertiary/aromatic N) is 8. The molecular formula is C53H60Cl2N8O. The van der Waals surface area contributed by atoms with Crippen LogP contribution < -0.4 is 0 Å². The van der Waals surface area contributed by atoms with E-state index in [1.54, 1.807) is 0 Å². The van der Waals surface area contributed by atoms with E-state index in [4.69, 9.17) is 23.2 Å². The number of rotatable bonds is 14. The molecule has 10 rings (SSSR count). The maximum Gasteiger partial charge on any atom is 0.169 e. The van der Waals surface area contributed by atoms with Gasteiger partial charge in [0.2, 0.25) is 0 Å². The van der Waals surface area contributed by atoms with Crippen LogP contribution in [0.4, 0.5) is 0 Å². The molecule has 6 aromatic rings. The van der Waals surface area contributed by atoms with Crippen molar-refractivity contribution in [3.05, 3.63) is 190 Å². The molecule has 0 bridgehead atoms. The highest BCUT2D eigenvalue weighted by molar-refractivity contribution is 6.31. The lowest BCUT2D eigenvalue weighted by atomic mass is 9.94. The standard InChI is InChI=1S/C53H60Cl2N8O/c54-45-19-9-7-17-43(45)51-47-21-11-23-58(47)33-35-62(51)39-49(60-29-25-56(26-30-60)37-41-13-3-1-4-14-41)53(64)50(61-31-27-57(28-32-61)38-42-15-5-2-6-16-42)40-63-36-34-59-24-12-22-48(59)52(63)44-18-8-10-20-46(44)55/h1-24,49-52H,25-40H2. The third-order valence-electron chi connectivity index (χ3n) is 14.3. The van der Waals surface area contributed by atoms with Gasteiger partial charge in [0.25, 0.3) is 0 Å². The zero-order valence-electron chi connectivity index (χ0n) is 36.7. The summed E-state index contributed by atoms with van der Waals surface area (Å²) in [6, 6.07) is 46.1. The molecular weight excluding hydrogens is 836 g/mol. The van der Waals surface area contributed by atoms with Gasteiger partial charge in [0.1, 0.15) is 0 Å². The minimum absolute atomic E-state index is 0.0633. The molecule has 0 saturated carbocycles. The summed E-state index contributed by atoms with van der Waals surface area (Å²) in [6.07, 6.45) is 4.37. The fourth-order valence-electron chi connectivity index (χ4n) is 10.9. The molecule has 332 valence electrons. The van der Waals surface area contributed by atoms with Crippen molar-refractivity contribution in [3.63, 3.8) is 0 Å². The monoisotopic (exact) mass is 894 g/mol. The molecule has 0 aliphatic carbocycles. The lowest BCUT2D eigenvalue weighted by molar-refractivity contribution is -0.133. The Hall–Kier alpha value is -4.55. The van der Waals surface area contributed by atoms with Crippen LogP contribution in [0.2, 0.25) is 10.0 Å². The van der Waals surface area contributed by atoms with Crippen molar-refractivity contribution in [1.29, 1.82) is 0 Å². The Balaban J connectivity index is 0.994. The van der Waals surface area contributed by atoms with Gasteiger partial charge in [-0.3, -0.25) is 34.2 Å². The average Bonchev–Trinajstić information content (AvgIpc) is 4.02. The van der Waals surface area contributed by atoms with Crippen LogP contribution in [0.25, 0.3) is 0 Å². The maximum atomic E-state index is 16.3. The highest BCUT2D eigenvalue weighted by Crippen LogP contribution is 2.39. The van der Waals surface area contributed by atoms with Gasteiger partial charge in [-0.05, 0) is 58.7 Å². The third kappa shape index (κ3) is 9.41. The number of carbonyl (C=O) groups excluding carboxylic acids is 1. The summed E-state index contributed by atoms with van der Waals surface area (Å²) in [7, 11) is 0. The van der Waals surface area contributed by atoms with Gasteiger partial charge in [-0.2, -0.15) is 0 Å². The van der Waals surface area contributed by atoms with Crippen molar-refractivity contribution in [2.45, 2.75) is 50.3 Å². The first-order valence-corrected chi connectivity index (χ1v) is 24.0. The summed E-state index contributed by atoms with van der Waals surface area (Å²) in [6.45, 7) is 13.5. The smallest absolute Gasteiger partial charge is 0.169 e. The van der Waals surface area contributed by atoms with Crippen LogP contribution in [0.15, 0.2) is 146 Å². The van der Waals surface area contributed by atoms with Crippen LogP contribution in [-0.2, 0) is 31.0 Å². The van der Waals surface area contributed by atoms with Crippen molar-refractivity contribution in [2.24, 2.45) is 0 Å². The van der Waals surface area contributed by atoms with E-state index in [9.17, 15) is 0 Å². The molecule has 2 fully saturated rings. The Morgan fingerprint density at radius 2 is 0.844 bits per heavy atom. The van der Waals surface area contributed by atoms with Crippen molar-refractivity contribution < 1.29 is 4.79 Å². The van der Waals surface area contributed by atoms with Gasteiger partial charge in [0.05, 0.1) is 24.2 Å². The fourth-order valence-corrected chi connectivity index (χ4v) is 11.4. The van der Waals surface area contributed by atoms with Gasteiger partial charge >= 0.3 is 0 Å². The molecule has 0 spiro atoms. The van der Waals surface area contributed by atoms with Gasteiger partial charge in [0, 0.05) is 139 Å². The molecule has 64 heavy (non-hydrogen) atoms. The van der Waals surface area contributed by atoms with Crippen LogP contribution in [0.3, 0.4) is 0 Å². The van der Waals surface area contributed by atoms with Gasteiger partial charge in [-0.15, -0.1) is 0 Å². The first-order chi connectivity index (χ1) is 31.5. The third-order valence-corrected chi connectivity index (χ3v) is 15.0. The van der Waals surface area contributed by atoms with Gasteiger partial charge < -0.3 is 9.13 Å². The van der Waals surface area contributed by atoms with Crippen LogP contribution in [0, 0.1) is 0 Å². The van der Waals surface area contributed by atoms with Crippen molar-refractivity contribution in [3.8, 4) is 0 Å². The summed E-state index contributed by atoms with van der Waals surface area (Å²) in [5.41, 5.74) is 7.29. The highest BCUT2D eigenvalue weighted by atomic mass is 35.5. The normalized spacial score (nSPS) is 21.6. The first kappa shape index (κ1) is 43.3. The molecule has 4 aliphatic rings.